The average molecular weight is 323 g/mol. The largest absolute Gasteiger partial charge is 0.466 e. The lowest BCUT2D eigenvalue weighted by Crippen LogP contribution is -2.40. The van der Waals surface area contributed by atoms with Gasteiger partial charge in [-0.25, -0.2) is 4.79 Å². The Labute approximate surface area is 136 Å². The minimum absolute atomic E-state index is 0.0491. The number of esters is 1. The number of aromatic nitrogens is 1. The Morgan fingerprint density at radius 2 is 2.30 bits per heavy atom. The predicted molar refractivity (Wildman–Crippen MR) is 83.8 cm³/mol. The summed E-state index contributed by atoms with van der Waals surface area (Å²) in [6.45, 7) is 5.16. The van der Waals surface area contributed by atoms with E-state index in [2.05, 4.69) is 17.4 Å². The second kappa shape index (κ2) is 8.55. The van der Waals surface area contributed by atoms with Crippen molar-refractivity contribution in [1.82, 2.24) is 15.4 Å². The van der Waals surface area contributed by atoms with Gasteiger partial charge in [-0.15, -0.1) is 0 Å². The smallest absolute Gasteiger partial charge is 0.317 e. The number of nitrogens with one attached hydrogen (secondary N) is 1. The molecular weight excluding hydrogens is 298 g/mol. The molecule has 7 heteroatoms. The molecule has 128 valence electrons. The monoisotopic (exact) mass is 323 g/mol. The van der Waals surface area contributed by atoms with Gasteiger partial charge in [0, 0.05) is 25.6 Å². The number of carbonyl (C=O) groups excluding carboxylic acids is 2. The standard InChI is InChI=1S/C16H25N3O4/c1-3-6-12-11-13(18-23-12)14-7-5-10-19(14)16(21)17-9-8-15(20)22-4-2/h11,14H,3-10H2,1-2H3,(H,17,21)/t14-/m0/s1. The summed E-state index contributed by atoms with van der Waals surface area (Å²) in [5, 5.41) is 6.88. The first-order valence-corrected chi connectivity index (χ1v) is 8.31. The zero-order valence-electron chi connectivity index (χ0n) is 13.8. The molecule has 0 bridgehead atoms. The van der Waals surface area contributed by atoms with Crippen molar-refractivity contribution < 1.29 is 18.8 Å². The highest BCUT2D eigenvalue weighted by Gasteiger charge is 2.32. The molecule has 0 radical (unpaired) electrons. The van der Waals surface area contributed by atoms with Gasteiger partial charge < -0.3 is 19.5 Å². The van der Waals surface area contributed by atoms with Crippen LogP contribution in [0.5, 0.6) is 0 Å². The van der Waals surface area contributed by atoms with E-state index in [4.69, 9.17) is 9.26 Å². The van der Waals surface area contributed by atoms with Crippen molar-refractivity contribution >= 4 is 12.0 Å². The number of carbonyl (C=O) groups is 2. The van der Waals surface area contributed by atoms with Crippen LogP contribution in [-0.2, 0) is 16.0 Å². The van der Waals surface area contributed by atoms with Crippen LogP contribution in [-0.4, -0.2) is 41.8 Å². The lowest BCUT2D eigenvalue weighted by molar-refractivity contribution is -0.142. The van der Waals surface area contributed by atoms with Gasteiger partial charge in [0.05, 0.1) is 19.1 Å². The Balaban J connectivity index is 1.87. The zero-order chi connectivity index (χ0) is 16.7. The Bertz CT molecular complexity index is 529. The molecule has 1 aromatic rings. The van der Waals surface area contributed by atoms with Crippen LogP contribution in [0.4, 0.5) is 4.79 Å². The molecule has 1 N–H and O–H groups in total. The number of amides is 2. The van der Waals surface area contributed by atoms with E-state index in [0.717, 1.165) is 37.1 Å². The quantitative estimate of drug-likeness (QED) is 0.779. The average Bonchev–Trinajstić information content (AvgIpc) is 3.16. The maximum Gasteiger partial charge on any atom is 0.317 e. The Hall–Kier alpha value is -2.05. The van der Waals surface area contributed by atoms with Crippen LogP contribution in [0, 0.1) is 0 Å². The number of aryl methyl sites for hydroxylation is 1. The summed E-state index contributed by atoms with van der Waals surface area (Å²) >= 11 is 0. The molecule has 7 nitrogen and oxygen atoms in total. The van der Waals surface area contributed by atoms with Crippen LogP contribution < -0.4 is 5.32 Å². The summed E-state index contributed by atoms with van der Waals surface area (Å²) in [7, 11) is 0. The maximum absolute atomic E-state index is 12.3. The number of urea groups is 1. The molecule has 1 aromatic heterocycles. The second-order valence-electron chi connectivity index (χ2n) is 5.61. The van der Waals surface area contributed by atoms with Gasteiger partial charge >= 0.3 is 12.0 Å². The van der Waals surface area contributed by atoms with Crippen LogP contribution in [0.3, 0.4) is 0 Å². The molecule has 0 aromatic carbocycles. The third-order valence-corrected chi connectivity index (χ3v) is 3.84. The first kappa shape index (κ1) is 17.3. The topological polar surface area (TPSA) is 84.7 Å². The first-order valence-electron chi connectivity index (χ1n) is 8.31. The zero-order valence-corrected chi connectivity index (χ0v) is 13.8. The van der Waals surface area contributed by atoms with Crippen molar-refractivity contribution in [2.24, 2.45) is 0 Å². The van der Waals surface area contributed by atoms with E-state index in [1.165, 1.54) is 0 Å². The van der Waals surface area contributed by atoms with Gasteiger partial charge in [-0.1, -0.05) is 12.1 Å². The van der Waals surface area contributed by atoms with Gasteiger partial charge in [-0.05, 0) is 26.2 Å². The predicted octanol–water partition coefficient (Wildman–Crippen LogP) is 2.43. The van der Waals surface area contributed by atoms with Gasteiger partial charge in [-0.3, -0.25) is 4.79 Å². The summed E-state index contributed by atoms with van der Waals surface area (Å²) in [6, 6.07) is 1.72. The van der Waals surface area contributed by atoms with Crippen molar-refractivity contribution in [3.8, 4) is 0 Å². The highest BCUT2D eigenvalue weighted by Crippen LogP contribution is 2.31. The van der Waals surface area contributed by atoms with E-state index in [9.17, 15) is 9.59 Å². The minimum atomic E-state index is -0.300. The van der Waals surface area contributed by atoms with Gasteiger partial charge in [0.15, 0.2) is 0 Å². The van der Waals surface area contributed by atoms with Crippen LogP contribution in [0.15, 0.2) is 10.6 Å². The van der Waals surface area contributed by atoms with E-state index in [0.29, 0.717) is 13.2 Å². The molecule has 0 spiro atoms. The van der Waals surface area contributed by atoms with Crippen molar-refractivity contribution in [3.05, 3.63) is 17.5 Å². The van der Waals surface area contributed by atoms with Gasteiger partial charge in [-0.2, -0.15) is 0 Å². The van der Waals surface area contributed by atoms with Gasteiger partial charge in [0.25, 0.3) is 0 Å². The molecule has 2 amide bonds. The van der Waals surface area contributed by atoms with Crippen LogP contribution in [0.2, 0.25) is 0 Å². The molecule has 1 aliphatic rings. The third kappa shape index (κ3) is 4.71. The fourth-order valence-electron chi connectivity index (χ4n) is 2.77. The summed E-state index contributed by atoms with van der Waals surface area (Å²) < 4.78 is 10.2. The van der Waals surface area contributed by atoms with Crippen molar-refractivity contribution in [1.29, 1.82) is 0 Å². The Morgan fingerprint density at radius 1 is 1.48 bits per heavy atom. The highest BCUT2D eigenvalue weighted by molar-refractivity contribution is 5.76. The van der Waals surface area contributed by atoms with Gasteiger partial charge in [0.1, 0.15) is 11.5 Å². The van der Waals surface area contributed by atoms with Crippen molar-refractivity contribution in [2.75, 3.05) is 19.7 Å². The highest BCUT2D eigenvalue weighted by atomic mass is 16.5. The molecule has 1 aliphatic heterocycles. The number of rotatable bonds is 7. The van der Waals surface area contributed by atoms with E-state index < -0.39 is 0 Å². The Morgan fingerprint density at radius 3 is 3.04 bits per heavy atom. The molecule has 2 rings (SSSR count). The molecule has 0 aliphatic carbocycles. The number of ether oxygens (including phenoxy) is 1. The SMILES string of the molecule is CCCc1cc([C@@H]2CCCN2C(=O)NCCC(=O)OCC)no1. The Kier molecular flexibility index (Phi) is 6.43. The maximum atomic E-state index is 12.3. The molecule has 2 heterocycles. The number of hydrogen-bond acceptors (Lipinski definition) is 5. The lowest BCUT2D eigenvalue weighted by Gasteiger charge is -2.23. The third-order valence-electron chi connectivity index (χ3n) is 3.84. The van der Waals surface area contributed by atoms with E-state index >= 15 is 0 Å². The second-order valence-corrected chi connectivity index (χ2v) is 5.61. The van der Waals surface area contributed by atoms with Crippen LogP contribution in [0.25, 0.3) is 0 Å². The normalized spacial score (nSPS) is 17.3. The summed E-state index contributed by atoms with van der Waals surface area (Å²) in [5.74, 6) is 0.559. The molecule has 0 unspecified atom stereocenters. The minimum Gasteiger partial charge on any atom is -0.466 e. The van der Waals surface area contributed by atoms with E-state index in [-0.39, 0.29) is 31.0 Å². The summed E-state index contributed by atoms with van der Waals surface area (Å²) in [5.41, 5.74) is 0.812. The molecule has 1 atom stereocenters. The fraction of sp³-hybridized carbons (Fsp3) is 0.688. The summed E-state index contributed by atoms with van der Waals surface area (Å²) in [6.07, 6.45) is 3.85. The molecule has 1 fully saturated rings. The molecule has 0 saturated carbocycles. The molecule has 23 heavy (non-hydrogen) atoms. The lowest BCUT2D eigenvalue weighted by atomic mass is 10.1. The van der Waals surface area contributed by atoms with Crippen LogP contribution >= 0.6 is 0 Å². The van der Waals surface area contributed by atoms with E-state index in [1.807, 2.05) is 6.07 Å². The summed E-state index contributed by atoms with van der Waals surface area (Å²) in [4.78, 5) is 25.4. The van der Waals surface area contributed by atoms with Gasteiger partial charge in [0.2, 0.25) is 0 Å². The van der Waals surface area contributed by atoms with Crippen LogP contribution in [0.1, 0.15) is 57.0 Å². The number of likely N-dealkylation sites (tertiary alicyclic amines) is 1. The molecule has 1 saturated heterocycles. The van der Waals surface area contributed by atoms with E-state index in [1.54, 1.807) is 11.8 Å². The van der Waals surface area contributed by atoms with Crippen molar-refractivity contribution in [3.63, 3.8) is 0 Å². The molecular formula is C16H25N3O4. The van der Waals surface area contributed by atoms with Crippen molar-refractivity contribution in [2.45, 2.75) is 52.0 Å². The number of hydrogen-bond donors (Lipinski definition) is 1. The first-order chi connectivity index (χ1) is 11.2. The number of nitrogens with zero attached hydrogens (tertiary/aromatic N) is 2. The fourth-order valence-corrected chi connectivity index (χ4v) is 2.77.